The summed E-state index contributed by atoms with van der Waals surface area (Å²) in [4.78, 5) is 52.3. The number of hydrogen-bond donors (Lipinski definition) is 1. The van der Waals surface area contributed by atoms with Crippen molar-refractivity contribution in [2.75, 3.05) is 11.9 Å². The molecule has 1 heterocycles. The van der Waals surface area contributed by atoms with Crippen molar-refractivity contribution in [3.63, 3.8) is 0 Å². The van der Waals surface area contributed by atoms with Gasteiger partial charge < -0.3 is 5.32 Å². The van der Waals surface area contributed by atoms with Gasteiger partial charge in [-0.1, -0.05) is 42.5 Å². The smallest absolute Gasteiger partial charge is 0.233 e. The second-order valence-corrected chi connectivity index (χ2v) is 9.10. The quantitative estimate of drug-likeness (QED) is 0.512. The van der Waals surface area contributed by atoms with Crippen molar-refractivity contribution in [3.8, 4) is 11.1 Å². The van der Waals surface area contributed by atoms with Gasteiger partial charge in [0.25, 0.3) is 0 Å². The van der Waals surface area contributed by atoms with Gasteiger partial charge in [0.1, 0.15) is 0 Å². The van der Waals surface area contributed by atoms with Crippen LogP contribution >= 0.6 is 0 Å². The number of benzene rings is 2. The molecule has 1 N–H and O–H groups in total. The maximum atomic E-state index is 12.9. The third kappa shape index (κ3) is 2.72. The SMILES string of the molecule is O=C(CCN1C(=O)[C@H]2[C@H](C1=O)[C@H]1C=C[C@H]2CC1)Nc1ccc2c(c1)C(=O)c1ccccc1-2. The van der Waals surface area contributed by atoms with Crippen LogP contribution in [0.4, 0.5) is 5.69 Å². The Bertz CT molecular complexity index is 1200. The Morgan fingerprint density at radius 2 is 1.47 bits per heavy atom. The van der Waals surface area contributed by atoms with Crippen LogP contribution in [0.1, 0.15) is 35.2 Å². The molecule has 2 fully saturated rings. The van der Waals surface area contributed by atoms with E-state index in [0.717, 1.165) is 24.0 Å². The summed E-state index contributed by atoms with van der Waals surface area (Å²) >= 11 is 0. The summed E-state index contributed by atoms with van der Waals surface area (Å²) in [6.45, 7) is 0.0885. The van der Waals surface area contributed by atoms with Gasteiger partial charge in [0.05, 0.1) is 11.8 Å². The topological polar surface area (TPSA) is 83.6 Å². The molecule has 160 valence electrons. The summed E-state index contributed by atoms with van der Waals surface area (Å²) in [6.07, 6.45) is 6.12. The molecule has 1 saturated heterocycles. The summed E-state index contributed by atoms with van der Waals surface area (Å²) in [7, 11) is 0. The Labute approximate surface area is 185 Å². The highest BCUT2D eigenvalue weighted by Gasteiger charge is 2.56. The van der Waals surface area contributed by atoms with E-state index in [1.165, 1.54) is 4.90 Å². The highest BCUT2D eigenvalue weighted by Crippen LogP contribution is 2.49. The lowest BCUT2D eigenvalue weighted by molar-refractivity contribution is -0.140. The highest BCUT2D eigenvalue weighted by molar-refractivity contribution is 6.22. The number of nitrogens with one attached hydrogen (secondary N) is 1. The number of allylic oxidation sites excluding steroid dienone is 2. The van der Waals surface area contributed by atoms with E-state index in [4.69, 9.17) is 0 Å². The molecule has 0 unspecified atom stereocenters. The van der Waals surface area contributed by atoms with Crippen LogP contribution in [0.3, 0.4) is 0 Å². The average molecular weight is 426 g/mol. The minimum Gasteiger partial charge on any atom is -0.326 e. The van der Waals surface area contributed by atoms with E-state index in [0.29, 0.717) is 16.8 Å². The maximum absolute atomic E-state index is 12.9. The summed E-state index contributed by atoms with van der Waals surface area (Å²) in [5.74, 6) is -0.810. The molecule has 6 nitrogen and oxygen atoms in total. The van der Waals surface area contributed by atoms with Crippen molar-refractivity contribution in [2.24, 2.45) is 23.7 Å². The van der Waals surface area contributed by atoms with E-state index < -0.39 is 0 Å². The number of rotatable bonds is 4. The standard InChI is InChI=1S/C26H22N2O4/c29-21(11-12-28-25(31)22-14-5-6-15(8-7-14)23(22)26(28)32)27-16-9-10-18-17-3-1-2-4-19(17)24(30)20(18)13-16/h1-6,9-10,13-15,22-23H,7-8,11-12H2,(H,27,29)/t14-,15-,22+,23+/m0/s1. The predicted molar refractivity (Wildman–Crippen MR) is 118 cm³/mol. The summed E-state index contributed by atoms with van der Waals surface area (Å²) in [6, 6.07) is 12.8. The number of imide groups is 1. The van der Waals surface area contributed by atoms with E-state index in [1.54, 1.807) is 18.2 Å². The number of anilines is 1. The van der Waals surface area contributed by atoms with Crippen LogP contribution in [0, 0.1) is 23.7 Å². The minimum atomic E-state index is -0.288. The van der Waals surface area contributed by atoms with Crippen LogP contribution in [0.25, 0.3) is 11.1 Å². The average Bonchev–Trinajstić information content (AvgIpc) is 3.25. The molecule has 1 saturated carbocycles. The predicted octanol–water partition coefficient (Wildman–Crippen LogP) is 3.42. The fraction of sp³-hybridized carbons (Fsp3) is 0.308. The third-order valence-electron chi connectivity index (χ3n) is 7.42. The summed E-state index contributed by atoms with van der Waals surface area (Å²) < 4.78 is 0. The van der Waals surface area contributed by atoms with E-state index in [2.05, 4.69) is 17.5 Å². The van der Waals surface area contributed by atoms with Crippen LogP contribution in [0.15, 0.2) is 54.6 Å². The molecular formula is C26H22N2O4. The molecule has 5 aliphatic rings. The fourth-order valence-electron chi connectivity index (χ4n) is 5.90. The van der Waals surface area contributed by atoms with Crippen LogP contribution in [0.2, 0.25) is 0 Å². The number of amides is 3. The molecular weight excluding hydrogens is 404 g/mol. The van der Waals surface area contributed by atoms with E-state index in [-0.39, 0.29) is 60.1 Å². The Morgan fingerprint density at radius 3 is 2.12 bits per heavy atom. The zero-order valence-electron chi connectivity index (χ0n) is 17.4. The van der Waals surface area contributed by atoms with Crippen molar-refractivity contribution in [3.05, 3.63) is 65.7 Å². The number of nitrogens with zero attached hydrogens (tertiary/aromatic N) is 1. The minimum absolute atomic E-state index is 0.0327. The molecule has 0 aromatic heterocycles. The first-order chi connectivity index (χ1) is 15.5. The first-order valence-electron chi connectivity index (χ1n) is 11.1. The third-order valence-corrected chi connectivity index (χ3v) is 7.42. The number of fused-ring (bicyclic) bond motifs is 4. The lowest BCUT2D eigenvalue weighted by Crippen LogP contribution is -2.38. The van der Waals surface area contributed by atoms with Crippen LogP contribution in [-0.4, -0.2) is 34.9 Å². The van der Waals surface area contributed by atoms with Crippen molar-refractivity contribution in [2.45, 2.75) is 19.3 Å². The van der Waals surface area contributed by atoms with Gasteiger partial charge in [-0.15, -0.1) is 0 Å². The Balaban J connectivity index is 1.13. The van der Waals surface area contributed by atoms with Crippen molar-refractivity contribution in [1.29, 1.82) is 0 Å². The largest absolute Gasteiger partial charge is 0.326 e. The molecule has 2 bridgehead atoms. The van der Waals surface area contributed by atoms with E-state index >= 15 is 0 Å². The van der Waals surface area contributed by atoms with Gasteiger partial charge >= 0.3 is 0 Å². The first kappa shape index (κ1) is 19.2. The number of likely N-dealkylation sites (tertiary alicyclic amines) is 1. The molecule has 1 aliphatic heterocycles. The van der Waals surface area contributed by atoms with Crippen LogP contribution < -0.4 is 5.32 Å². The molecule has 4 atom stereocenters. The zero-order chi connectivity index (χ0) is 22.0. The molecule has 32 heavy (non-hydrogen) atoms. The number of carbonyl (C=O) groups is 4. The fourth-order valence-corrected chi connectivity index (χ4v) is 5.90. The molecule has 6 heteroatoms. The monoisotopic (exact) mass is 426 g/mol. The van der Waals surface area contributed by atoms with Crippen LogP contribution in [-0.2, 0) is 14.4 Å². The first-order valence-corrected chi connectivity index (χ1v) is 11.1. The maximum Gasteiger partial charge on any atom is 0.233 e. The molecule has 0 radical (unpaired) electrons. The van der Waals surface area contributed by atoms with E-state index in [9.17, 15) is 19.2 Å². The van der Waals surface area contributed by atoms with Gasteiger partial charge in [0, 0.05) is 29.8 Å². The van der Waals surface area contributed by atoms with Gasteiger partial charge in [-0.25, -0.2) is 0 Å². The second-order valence-electron chi connectivity index (χ2n) is 9.10. The summed E-state index contributed by atoms with van der Waals surface area (Å²) in [5.41, 5.74) is 3.54. The Morgan fingerprint density at radius 1 is 0.844 bits per heavy atom. The van der Waals surface area contributed by atoms with Crippen molar-refractivity contribution in [1.82, 2.24) is 4.90 Å². The van der Waals surface area contributed by atoms with Crippen molar-refractivity contribution >= 4 is 29.2 Å². The zero-order valence-corrected chi connectivity index (χ0v) is 17.4. The van der Waals surface area contributed by atoms with Gasteiger partial charge in [-0.2, -0.15) is 0 Å². The number of carbonyl (C=O) groups excluding carboxylic acids is 4. The lowest BCUT2D eigenvalue weighted by atomic mass is 9.63. The summed E-state index contributed by atoms with van der Waals surface area (Å²) in [5, 5.41) is 2.81. The Kier molecular flexibility index (Phi) is 4.18. The van der Waals surface area contributed by atoms with Crippen molar-refractivity contribution < 1.29 is 19.2 Å². The molecule has 4 aliphatic carbocycles. The molecule has 0 spiro atoms. The number of ketones is 1. The van der Waals surface area contributed by atoms with Crippen LogP contribution in [0.5, 0.6) is 0 Å². The number of hydrogen-bond acceptors (Lipinski definition) is 4. The normalized spacial score (nSPS) is 26.9. The van der Waals surface area contributed by atoms with E-state index in [1.807, 2.05) is 24.3 Å². The molecule has 3 amide bonds. The molecule has 2 aromatic carbocycles. The van der Waals surface area contributed by atoms with Gasteiger partial charge in [0.2, 0.25) is 17.7 Å². The van der Waals surface area contributed by atoms with Gasteiger partial charge in [-0.05, 0) is 47.9 Å². The Hall–Kier alpha value is -3.54. The second kappa shape index (κ2) is 6.99. The lowest BCUT2D eigenvalue weighted by Gasteiger charge is -2.38. The highest BCUT2D eigenvalue weighted by atomic mass is 16.2. The van der Waals surface area contributed by atoms with Gasteiger partial charge in [-0.3, -0.25) is 24.1 Å². The molecule has 2 aromatic rings. The van der Waals surface area contributed by atoms with Gasteiger partial charge in [0.15, 0.2) is 5.78 Å². The molecule has 7 rings (SSSR count).